The Hall–Kier alpha value is -1.50. The normalized spacial score (nSPS) is 22.9. The van der Waals surface area contributed by atoms with Crippen LogP contribution in [0.25, 0.3) is 0 Å². The highest BCUT2D eigenvalue weighted by Gasteiger charge is 2.38. The Balaban J connectivity index is 1.63. The zero-order valence-electron chi connectivity index (χ0n) is 11.4. The van der Waals surface area contributed by atoms with E-state index in [1.807, 2.05) is 23.1 Å². The highest BCUT2D eigenvalue weighted by Crippen LogP contribution is 2.31. The Morgan fingerprint density at radius 2 is 2.00 bits per heavy atom. The van der Waals surface area contributed by atoms with E-state index < -0.39 is 5.60 Å². The minimum Gasteiger partial charge on any atom is -0.383 e. The van der Waals surface area contributed by atoms with Crippen molar-refractivity contribution in [3.8, 4) is 0 Å². The van der Waals surface area contributed by atoms with Gasteiger partial charge in [0, 0.05) is 32.4 Å². The van der Waals surface area contributed by atoms with Crippen LogP contribution in [0.2, 0.25) is 0 Å². The fourth-order valence-electron chi connectivity index (χ4n) is 2.89. The van der Waals surface area contributed by atoms with Gasteiger partial charge in [-0.2, -0.15) is 0 Å². The number of hydrogen-bond acceptors (Lipinski definition) is 5. The van der Waals surface area contributed by atoms with Gasteiger partial charge in [-0.3, -0.25) is 20.6 Å². The van der Waals surface area contributed by atoms with Gasteiger partial charge in [0.25, 0.3) is 0 Å². The summed E-state index contributed by atoms with van der Waals surface area (Å²) in [6, 6.07) is 5.57. The second-order valence-corrected chi connectivity index (χ2v) is 5.53. The molecule has 20 heavy (non-hydrogen) atoms. The van der Waals surface area contributed by atoms with Crippen molar-refractivity contribution in [1.82, 2.24) is 20.7 Å². The maximum absolute atomic E-state index is 12.3. The molecule has 0 bridgehead atoms. The maximum Gasteiger partial charge on any atom is 0.228 e. The summed E-state index contributed by atoms with van der Waals surface area (Å²) in [6.45, 7) is 2.53. The van der Waals surface area contributed by atoms with Crippen LogP contribution in [0.1, 0.15) is 18.5 Å². The number of nitrogens with one attached hydrogen (secondary N) is 2. The van der Waals surface area contributed by atoms with Crippen molar-refractivity contribution in [3.63, 3.8) is 0 Å². The highest BCUT2D eigenvalue weighted by molar-refractivity contribution is 5.79. The van der Waals surface area contributed by atoms with E-state index in [0.29, 0.717) is 44.7 Å². The molecule has 2 aliphatic heterocycles. The predicted molar refractivity (Wildman–Crippen MR) is 73.4 cm³/mol. The van der Waals surface area contributed by atoms with Crippen molar-refractivity contribution in [3.05, 3.63) is 30.1 Å². The van der Waals surface area contributed by atoms with Crippen molar-refractivity contribution in [2.24, 2.45) is 5.92 Å². The molecular weight excluding hydrogens is 256 g/mol. The van der Waals surface area contributed by atoms with Crippen LogP contribution >= 0.6 is 0 Å². The number of nitrogens with zero attached hydrogens (tertiary/aromatic N) is 2. The summed E-state index contributed by atoms with van der Waals surface area (Å²) in [7, 11) is 0. The first-order chi connectivity index (χ1) is 9.69. The zero-order chi connectivity index (χ0) is 14.0. The number of aromatic nitrogens is 1. The number of hydrogen-bond donors (Lipinski definition) is 3. The minimum atomic E-state index is -0.899. The Labute approximate surface area is 118 Å². The first-order valence-corrected chi connectivity index (χ1v) is 7.07. The largest absolute Gasteiger partial charge is 0.383 e. The van der Waals surface area contributed by atoms with E-state index in [2.05, 4.69) is 15.8 Å². The van der Waals surface area contributed by atoms with Crippen molar-refractivity contribution in [2.45, 2.75) is 18.4 Å². The van der Waals surface area contributed by atoms with Crippen LogP contribution in [-0.2, 0) is 10.4 Å². The van der Waals surface area contributed by atoms with Crippen LogP contribution in [-0.4, -0.2) is 47.1 Å². The molecule has 2 fully saturated rings. The summed E-state index contributed by atoms with van der Waals surface area (Å²) < 4.78 is 0. The topological polar surface area (TPSA) is 77.5 Å². The van der Waals surface area contributed by atoms with E-state index in [-0.39, 0.29) is 11.8 Å². The van der Waals surface area contributed by atoms with Gasteiger partial charge in [0.1, 0.15) is 5.60 Å². The molecule has 3 N–H and O–H groups in total. The number of carbonyl (C=O) groups excluding carboxylic acids is 1. The van der Waals surface area contributed by atoms with Crippen LogP contribution < -0.4 is 10.9 Å². The van der Waals surface area contributed by atoms with Gasteiger partial charge in [0.15, 0.2) is 0 Å². The number of piperidine rings is 1. The number of amides is 1. The van der Waals surface area contributed by atoms with E-state index >= 15 is 0 Å². The molecule has 0 radical (unpaired) electrons. The molecule has 0 aliphatic carbocycles. The predicted octanol–water partition coefficient (Wildman–Crippen LogP) is -0.384. The first kappa shape index (κ1) is 13.5. The Kier molecular flexibility index (Phi) is 3.69. The van der Waals surface area contributed by atoms with E-state index in [1.54, 1.807) is 6.20 Å². The molecule has 0 unspecified atom stereocenters. The van der Waals surface area contributed by atoms with Gasteiger partial charge in [-0.15, -0.1) is 0 Å². The summed E-state index contributed by atoms with van der Waals surface area (Å²) in [4.78, 5) is 18.4. The van der Waals surface area contributed by atoms with Crippen molar-refractivity contribution in [2.75, 3.05) is 26.2 Å². The number of likely N-dealkylation sites (tertiary alicyclic amines) is 1. The smallest absolute Gasteiger partial charge is 0.228 e. The third kappa shape index (κ3) is 2.54. The molecule has 3 heterocycles. The van der Waals surface area contributed by atoms with Crippen LogP contribution in [0.3, 0.4) is 0 Å². The number of carbonyl (C=O) groups is 1. The monoisotopic (exact) mass is 276 g/mol. The molecule has 6 nitrogen and oxygen atoms in total. The number of pyridine rings is 1. The van der Waals surface area contributed by atoms with Crippen LogP contribution in [0.5, 0.6) is 0 Å². The number of hydrazine groups is 1. The SMILES string of the molecule is O=C(C1CNNC1)N1CCC(O)(c2ccccn2)CC1. The summed E-state index contributed by atoms with van der Waals surface area (Å²) in [5.41, 5.74) is 5.76. The summed E-state index contributed by atoms with van der Waals surface area (Å²) in [5, 5.41) is 10.7. The lowest BCUT2D eigenvalue weighted by molar-refractivity contribution is -0.139. The molecule has 0 aromatic carbocycles. The van der Waals surface area contributed by atoms with Gasteiger partial charge in [0.05, 0.1) is 11.6 Å². The lowest BCUT2D eigenvalue weighted by Crippen LogP contribution is -2.48. The molecule has 108 valence electrons. The van der Waals surface area contributed by atoms with Crippen molar-refractivity contribution < 1.29 is 9.90 Å². The number of rotatable bonds is 2. The average Bonchev–Trinajstić information content (AvgIpc) is 3.02. The van der Waals surface area contributed by atoms with E-state index in [0.717, 1.165) is 0 Å². The average molecular weight is 276 g/mol. The Morgan fingerprint density at radius 3 is 2.60 bits per heavy atom. The summed E-state index contributed by atoms with van der Waals surface area (Å²) in [5.74, 6) is 0.182. The second-order valence-electron chi connectivity index (χ2n) is 5.53. The standard InChI is InChI=1S/C14H20N4O2/c19-13(11-9-16-17-10-11)18-7-4-14(20,5-8-18)12-3-1-2-6-15-12/h1-3,6,11,16-17,20H,4-5,7-10H2. The molecule has 3 rings (SSSR count). The Bertz CT molecular complexity index is 465. The third-order valence-corrected chi connectivity index (χ3v) is 4.22. The van der Waals surface area contributed by atoms with Gasteiger partial charge in [-0.25, -0.2) is 0 Å². The first-order valence-electron chi connectivity index (χ1n) is 7.07. The van der Waals surface area contributed by atoms with E-state index in [4.69, 9.17) is 0 Å². The molecule has 1 aromatic heterocycles. The molecular formula is C14H20N4O2. The maximum atomic E-state index is 12.3. The fourth-order valence-corrected chi connectivity index (χ4v) is 2.89. The minimum absolute atomic E-state index is 0.0102. The molecule has 1 aromatic rings. The number of aliphatic hydroxyl groups is 1. The molecule has 2 saturated heterocycles. The Morgan fingerprint density at radius 1 is 1.30 bits per heavy atom. The third-order valence-electron chi connectivity index (χ3n) is 4.22. The summed E-state index contributed by atoms with van der Waals surface area (Å²) in [6.07, 6.45) is 2.79. The van der Waals surface area contributed by atoms with E-state index in [1.165, 1.54) is 0 Å². The van der Waals surface area contributed by atoms with Gasteiger partial charge in [-0.1, -0.05) is 6.07 Å². The zero-order valence-corrected chi connectivity index (χ0v) is 11.4. The van der Waals surface area contributed by atoms with E-state index in [9.17, 15) is 9.90 Å². The van der Waals surface area contributed by atoms with Crippen molar-refractivity contribution >= 4 is 5.91 Å². The molecule has 1 amide bonds. The van der Waals surface area contributed by atoms with Gasteiger partial charge in [-0.05, 0) is 25.0 Å². The highest BCUT2D eigenvalue weighted by atomic mass is 16.3. The van der Waals surface area contributed by atoms with Crippen LogP contribution in [0, 0.1) is 5.92 Å². The lowest BCUT2D eigenvalue weighted by Gasteiger charge is -2.38. The molecule has 0 atom stereocenters. The summed E-state index contributed by atoms with van der Waals surface area (Å²) >= 11 is 0. The van der Waals surface area contributed by atoms with Crippen LogP contribution in [0.15, 0.2) is 24.4 Å². The van der Waals surface area contributed by atoms with Crippen molar-refractivity contribution in [1.29, 1.82) is 0 Å². The molecule has 6 heteroatoms. The fraction of sp³-hybridized carbons (Fsp3) is 0.571. The van der Waals surface area contributed by atoms with Gasteiger partial charge < -0.3 is 10.0 Å². The van der Waals surface area contributed by atoms with Crippen LogP contribution in [0.4, 0.5) is 0 Å². The quantitative estimate of drug-likeness (QED) is 0.686. The lowest BCUT2D eigenvalue weighted by atomic mass is 9.87. The van der Waals surface area contributed by atoms with Gasteiger partial charge in [0.2, 0.25) is 5.91 Å². The molecule has 0 saturated carbocycles. The van der Waals surface area contributed by atoms with Gasteiger partial charge >= 0.3 is 0 Å². The molecule has 0 spiro atoms. The second kappa shape index (κ2) is 5.47. The molecule has 2 aliphatic rings.